The van der Waals surface area contributed by atoms with Gasteiger partial charge in [-0.25, -0.2) is 0 Å². The standard InChI is InChI=1S/C26H18N4O4.C14H13N3O2.2C13H10N2O2.C6H6.8C2H6/c27-11-29-23(31)17-5-1-3-15-13(7-9-19(21(15)17)25(29)33)14-8-10-20-22-16(14)4-2-6-18(22)24(32)30(12-28)26(20)34;15-6-8-4-5-11-12-9(8)2-1-3-10(12)13(18)17(7-16)14(11)19;2*14-7-15-12(16)9-5-1-3-8-4-2-6-10(11(8)9)13(15)17;1-2-4-6-5-3-1;8*1-2/h1-10H,11-12,27-28H2;1-5H,6-7,15-16H2;2*1-6H,7,14H2;1-6H;8*1-2H3. The molecule has 11 aromatic carbocycles. The number of nitrogens with zero attached hydrogens (tertiary/aromatic N) is 5. The van der Waals surface area contributed by atoms with Gasteiger partial charge in [0.1, 0.15) is 0 Å². The number of rotatable bonds is 7. The van der Waals surface area contributed by atoms with E-state index < -0.39 is 23.6 Å². The Bertz CT molecular complexity index is 4630. The van der Waals surface area contributed by atoms with Gasteiger partial charge in [-0.1, -0.05) is 250 Å². The van der Waals surface area contributed by atoms with Crippen molar-refractivity contribution < 1.29 is 47.9 Å². The summed E-state index contributed by atoms with van der Waals surface area (Å²) in [6.45, 7) is 31.7. The van der Waals surface area contributed by atoms with E-state index in [-0.39, 0.29) is 68.8 Å². The molecule has 16 rings (SSSR count). The first kappa shape index (κ1) is 89.6. The minimum atomic E-state index is -0.433. The summed E-state index contributed by atoms with van der Waals surface area (Å²) in [6, 6.07) is 60.3. The Morgan fingerprint density at radius 1 is 0.193 bits per heavy atom. The molecule has 21 nitrogen and oxygen atoms in total. The van der Waals surface area contributed by atoms with Crippen LogP contribution < -0.4 is 34.4 Å². The zero-order chi connectivity index (χ0) is 81.5. The number of carbonyl (C=O) groups excluding carboxylic acids is 10. The van der Waals surface area contributed by atoms with Gasteiger partial charge in [0.05, 0.1) is 33.3 Å². The smallest absolute Gasteiger partial charge is 0.262 e. The molecule has 5 aliphatic rings. The van der Waals surface area contributed by atoms with Gasteiger partial charge in [-0.15, -0.1) is 0 Å². The van der Waals surface area contributed by atoms with Crippen molar-refractivity contribution in [2.75, 3.05) is 33.3 Å². The monoisotopic (exact) mass is 1480 g/mol. The van der Waals surface area contributed by atoms with Gasteiger partial charge < -0.3 is 34.4 Å². The van der Waals surface area contributed by atoms with Gasteiger partial charge in [-0.3, -0.25) is 72.4 Å². The van der Waals surface area contributed by atoms with Crippen LogP contribution in [0.25, 0.3) is 65.0 Å². The first-order valence-corrected chi connectivity index (χ1v) is 37.4. The molecule has 5 heterocycles. The average molecular weight is 1480 g/mol. The van der Waals surface area contributed by atoms with Crippen LogP contribution in [-0.2, 0) is 6.54 Å². The molecule has 12 N–H and O–H groups in total. The normalized spacial score (nSPS) is 12.6. The van der Waals surface area contributed by atoms with E-state index in [0.29, 0.717) is 78.3 Å². The molecule has 0 spiro atoms. The van der Waals surface area contributed by atoms with Crippen LogP contribution in [0, 0.1) is 0 Å². The minimum absolute atomic E-state index is 0.0949. The van der Waals surface area contributed by atoms with Crippen molar-refractivity contribution in [2.45, 2.75) is 117 Å². The minimum Gasteiger partial charge on any atom is -0.326 e. The van der Waals surface area contributed by atoms with Gasteiger partial charge in [0.25, 0.3) is 59.1 Å². The molecule has 0 atom stereocenters. The molecule has 0 saturated carbocycles. The summed E-state index contributed by atoms with van der Waals surface area (Å²) in [4.78, 5) is 130. The molecule has 0 aromatic heterocycles. The Morgan fingerprint density at radius 3 is 0.587 bits per heavy atom. The topological polar surface area (TPSA) is 343 Å². The maximum Gasteiger partial charge on any atom is 0.262 e. The van der Waals surface area contributed by atoms with Crippen molar-refractivity contribution in [1.82, 2.24) is 24.5 Å². The van der Waals surface area contributed by atoms with Crippen LogP contribution in [-0.4, -0.2) is 117 Å². The number of benzene rings is 11. The van der Waals surface area contributed by atoms with Crippen molar-refractivity contribution in [3.63, 3.8) is 0 Å². The average Bonchev–Trinajstić information content (AvgIpc) is 0.725. The molecule has 0 bridgehead atoms. The zero-order valence-electron chi connectivity index (χ0n) is 65.6. The number of imide groups is 5. The van der Waals surface area contributed by atoms with Gasteiger partial charge in [0.2, 0.25) is 0 Å². The van der Waals surface area contributed by atoms with Crippen LogP contribution in [0.4, 0.5) is 0 Å². The Labute approximate surface area is 639 Å². The third kappa shape index (κ3) is 17.8. The fraction of sp³-hybridized carbons (Fsp3) is 0.250. The largest absolute Gasteiger partial charge is 0.326 e. The van der Waals surface area contributed by atoms with Crippen LogP contribution in [0.15, 0.2) is 200 Å². The number of amides is 10. The molecule has 0 saturated heterocycles. The van der Waals surface area contributed by atoms with Crippen LogP contribution in [0.5, 0.6) is 0 Å². The van der Waals surface area contributed by atoms with Crippen molar-refractivity contribution >= 4 is 113 Å². The summed E-state index contributed by atoms with van der Waals surface area (Å²) in [5.41, 5.74) is 40.7. The second kappa shape index (κ2) is 43.7. The predicted octanol–water partition coefficient (Wildman–Crippen LogP) is 16.1. The molecular weight excluding hydrogens is 1370 g/mol. The van der Waals surface area contributed by atoms with Crippen molar-refractivity contribution in [1.29, 1.82) is 0 Å². The van der Waals surface area contributed by atoms with E-state index in [1.165, 1.54) is 0 Å². The van der Waals surface area contributed by atoms with Gasteiger partial charge in [0, 0.05) is 89.1 Å². The van der Waals surface area contributed by atoms with Crippen LogP contribution in [0.3, 0.4) is 0 Å². The predicted molar refractivity (Wildman–Crippen MR) is 442 cm³/mol. The maximum absolute atomic E-state index is 12.9. The van der Waals surface area contributed by atoms with Crippen LogP contribution in [0.1, 0.15) is 220 Å². The van der Waals surface area contributed by atoms with E-state index in [0.717, 1.165) is 78.9 Å². The molecule has 109 heavy (non-hydrogen) atoms. The lowest BCUT2D eigenvalue weighted by Gasteiger charge is -2.28. The summed E-state index contributed by atoms with van der Waals surface area (Å²) in [6.07, 6.45) is 0. The second-order valence-electron chi connectivity index (χ2n) is 21.7. The summed E-state index contributed by atoms with van der Waals surface area (Å²) in [5, 5.41) is 7.41. The second-order valence-corrected chi connectivity index (χ2v) is 21.7. The summed E-state index contributed by atoms with van der Waals surface area (Å²) in [5.74, 6) is -3.70. The fourth-order valence-corrected chi connectivity index (χ4v) is 12.5. The molecule has 0 unspecified atom stereocenters. The highest BCUT2D eigenvalue weighted by Crippen LogP contribution is 2.42. The number of nitrogens with two attached hydrogens (primary N) is 6. The maximum atomic E-state index is 12.9. The lowest BCUT2D eigenvalue weighted by atomic mass is 9.85. The van der Waals surface area contributed by atoms with Gasteiger partial charge in [0.15, 0.2) is 0 Å². The van der Waals surface area contributed by atoms with Gasteiger partial charge >= 0.3 is 0 Å². The first-order valence-electron chi connectivity index (χ1n) is 37.4. The highest BCUT2D eigenvalue weighted by molar-refractivity contribution is 6.31. The number of carbonyl (C=O) groups is 10. The Hall–Kier alpha value is -11.8. The van der Waals surface area contributed by atoms with E-state index >= 15 is 0 Å². The van der Waals surface area contributed by atoms with E-state index in [1.807, 2.05) is 232 Å². The Balaban J connectivity index is 0.000000291. The van der Waals surface area contributed by atoms with Crippen molar-refractivity contribution in [3.05, 3.63) is 261 Å². The summed E-state index contributed by atoms with van der Waals surface area (Å²) < 4.78 is 0. The van der Waals surface area contributed by atoms with E-state index in [4.69, 9.17) is 34.4 Å². The van der Waals surface area contributed by atoms with Gasteiger partial charge in [-0.2, -0.15) is 0 Å². The highest BCUT2D eigenvalue weighted by Gasteiger charge is 2.37. The van der Waals surface area contributed by atoms with E-state index in [9.17, 15) is 47.9 Å². The molecule has 0 radical (unpaired) electrons. The third-order valence-electron chi connectivity index (χ3n) is 16.9. The molecule has 11 aromatic rings. The van der Waals surface area contributed by atoms with E-state index in [2.05, 4.69) is 0 Å². The van der Waals surface area contributed by atoms with Crippen molar-refractivity contribution in [3.8, 4) is 11.1 Å². The first-order chi connectivity index (χ1) is 53.1. The molecule has 10 amide bonds. The quantitative estimate of drug-likeness (QED) is 0.0807. The number of hydrogen-bond donors (Lipinski definition) is 6. The molecular formula is C88H105N11O10. The van der Waals surface area contributed by atoms with Crippen LogP contribution in [0.2, 0.25) is 0 Å². The fourth-order valence-electron chi connectivity index (χ4n) is 12.5. The van der Waals surface area contributed by atoms with E-state index in [1.54, 1.807) is 78.9 Å². The summed E-state index contributed by atoms with van der Waals surface area (Å²) in [7, 11) is 0. The molecule has 572 valence electrons. The molecule has 0 aliphatic carbocycles. The lowest BCUT2D eigenvalue weighted by Crippen LogP contribution is -2.43. The third-order valence-corrected chi connectivity index (χ3v) is 16.9. The zero-order valence-corrected chi connectivity index (χ0v) is 65.6. The Kier molecular flexibility index (Phi) is 35.9. The summed E-state index contributed by atoms with van der Waals surface area (Å²) >= 11 is 0. The molecule has 21 heteroatoms. The highest BCUT2D eigenvalue weighted by atomic mass is 16.2. The molecule has 0 fully saturated rings. The molecule has 5 aliphatic heterocycles. The van der Waals surface area contributed by atoms with Crippen LogP contribution >= 0.6 is 0 Å². The Morgan fingerprint density at radius 2 is 0.367 bits per heavy atom. The SMILES string of the molecule is CC.CC.CC.CC.CC.CC.CC.CC.NCN1C(=O)c2cccc3c(-c4ccc5c6c(cccc46)C(=O)N(CN)C5=O)ccc(c23)C1=O.NCN1C(=O)c2cccc3cccc(c23)C1=O.NCN1C(=O)c2cccc3cccc(c23)C1=O.NCc1ccc2c3c(cccc13)C(=O)N(CN)C2=O.c1ccccc1. The van der Waals surface area contributed by atoms with Gasteiger partial charge in [-0.05, 0) is 104 Å². The number of hydrogen-bond acceptors (Lipinski definition) is 16. The van der Waals surface area contributed by atoms with Crippen molar-refractivity contribution in [2.24, 2.45) is 34.4 Å². The lowest BCUT2D eigenvalue weighted by molar-refractivity contribution is 0.0599.